The Morgan fingerprint density at radius 3 is 2.74 bits per heavy atom. The molecule has 100 valence electrons. The summed E-state index contributed by atoms with van der Waals surface area (Å²) in [4.78, 5) is 21.4. The highest BCUT2D eigenvalue weighted by molar-refractivity contribution is 7.96. The van der Waals surface area contributed by atoms with E-state index >= 15 is 0 Å². The molecule has 0 aromatic heterocycles. The molecule has 19 heavy (non-hydrogen) atoms. The molecule has 0 spiro atoms. The Labute approximate surface area is 109 Å². The molecule has 8 nitrogen and oxygen atoms in total. The van der Waals surface area contributed by atoms with Crippen LogP contribution in [0.4, 0.5) is 10.5 Å². The number of cyclic esters (lactones) is 1. The van der Waals surface area contributed by atoms with Crippen LogP contribution in [0.3, 0.4) is 0 Å². The fraction of sp³-hybridized carbons (Fsp3) is 0.100. The van der Waals surface area contributed by atoms with Gasteiger partial charge in [-0.05, 0) is 11.9 Å². The lowest BCUT2D eigenvalue weighted by Crippen LogP contribution is -2.19. The van der Waals surface area contributed by atoms with Gasteiger partial charge in [0.15, 0.2) is 11.9 Å². The van der Waals surface area contributed by atoms with Crippen molar-refractivity contribution in [3.63, 3.8) is 0 Å². The van der Waals surface area contributed by atoms with E-state index in [2.05, 4.69) is 11.2 Å². The number of benzene rings is 1. The van der Waals surface area contributed by atoms with Crippen LogP contribution in [0.2, 0.25) is 0 Å². The number of aromatic hydroxyl groups is 2. The van der Waals surface area contributed by atoms with Crippen LogP contribution in [0, 0.1) is 10.1 Å². The van der Waals surface area contributed by atoms with Crippen molar-refractivity contribution in [2.75, 3.05) is 0 Å². The van der Waals surface area contributed by atoms with Crippen molar-refractivity contribution in [3.8, 4) is 11.5 Å². The van der Waals surface area contributed by atoms with Crippen LogP contribution in [0.15, 0.2) is 12.1 Å². The van der Waals surface area contributed by atoms with E-state index in [9.17, 15) is 25.1 Å². The van der Waals surface area contributed by atoms with Gasteiger partial charge in [0, 0.05) is 11.6 Å². The molecule has 1 atom stereocenters. The number of carbonyl (C=O) groups is 1. The van der Waals surface area contributed by atoms with Crippen LogP contribution in [0.1, 0.15) is 11.7 Å². The van der Waals surface area contributed by atoms with Gasteiger partial charge in [0.2, 0.25) is 5.75 Å². The third kappa shape index (κ3) is 2.22. The number of nitrogens with one attached hydrogen (secondary N) is 1. The molecule has 9 heteroatoms. The first-order valence-corrected chi connectivity index (χ1v) is 5.89. The largest absolute Gasteiger partial charge is 0.504 e. The van der Waals surface area contributed by atoms with Crippen LogP contribution in [-0.4, -0.2) is 32.1 Å². The molecule has 1 aromatic carbocycles. The van der Waals surface area contributed by atoms with E-state index < -0.39 is 34.3 Å². The van der Waals surface area contributed by atoms with Gasteiger partial charge in [-0.1, -0.05) is 0 Å². The molecule has 0 aliphatic carbocycles. The van der Waals surface area contributed by atoms with E-state index in [0.29, 0.717) is 4.99 Å². The first-order valence-electron chi connectivity index (χ1n) is 4.90. The number of alkyl carbamates (subject to hydrolysis) is 1. The van der Waals surface area contributed by atoms with Crippen molar-refractivity contribution in [2.24, 2.45) is 0 Å². The van der Waals surface area contributed by atoms with Crippen molar-refractivity contribution in [3.05, 3.63) is 27.8 Å². The average Bonchev–Trinajstić information content (AvgIpc) is 2.73. The van der Waals surface area contributed by atoms with Gasteiger partial charge < -0.3 is 14.9 Å². The van der Waals surface area contributed by atoms with Crippen molar-refractivity contribution < 1.29 is 24.7 Å². The molecule has 1 amide bonds. The van der Waals surface area contributed by atoms with Gasteiger partial charge in [-0.15, -0.1) is 10.9 Å². The second kappa shape index (κ2) is 4.61. The van der Waals surface area contributed by atoms with Crippen molar-refractivity contribution >= 4 is 33.6 Å². The Hall–Kier alpha value is -2.55. The normalized spacial score (nSPS) is 17.8. The van der Waals surface area contributed by atoms with Crippen LogP contribution in [-0.2, 0) is 4.74 Å². The van der Waals surface area contributed by atoms with E-state index in [0.717, 1.165) is 23.1 Å². The highest BCUT2D eigenvalue weighted by Gasteiger charge is 2.33. The fourth-order valence-corrected chi connectivity index (χ4v) is 2.09. The second-order valence-corrected chi connectivity index (χ2v) is 4.31. The lowest BCUT2D eigenvalue weighted by atomic mass is 10.1. The average molecular weight is 284 g/mol. The van der Waals surface area contributed by atoms with E-state index in [1.54, 1.807) is 0 Å². The first kappa shape index (κ1) is 12.9. The van der Waals surface area contributed by atoms with Crippen LogP contribution in [0.5, 0.6) is 11.5 Å². The SMILES string of the molecule is C=S=C1NC(=O)OC1c1cc(O)c(O)c([N+](=O)[O-])c1. The summed E-state index contributed by atoms with van der Waals surface area (Å²) in [5.41, 5.74) is -0.516. The number of phenolic OH excluding ortho intramolecular Hbond substituents is 2. The number of phenols is 2. The molecule has 1 heterocycles. The number of amides is 1. The van der Waals surface area contributed by atoms with Gasteiger partial charge in [-0.25, -0.2) is 4.79 Å². The predicted molar refractivity (Wildman–Crippen MR) is 68.5 cm³/mol. The van der Waals surface area contributed by atoms with Crippen molar-refractivity contribution in [1.82, 2.24) is 5.32 Å². The van der Waals surface area contributed by atoms with Gasteiger partial charge >= 0.3 is 11.8 Å². The topological polar surface area (TPSA) is 122 Å². The fourth-order valence-electron chi connectivity index (χ4n) is 1.60. The van der Waals surface area contributed by atoms with Crippen LogP contribution >= 0.6 is 10.9 Å². The van der Waals surface area contributed by atoms with Crippen molar-refractivity contribution in [1.29, 1.82) is 0 Å². The number of carbonyl (C=O) groups excluding carboxylic acids is 1. The highest BCUT2D eigenvalue weighted by atomic mass is 32.1. The summed E-state index contributed by atoms with van der Waals surface area (Å²) < 4.78 is 4.92. The zero-order chi connectivity index (χ0) is 14.2. The summed E-state index contributed by atoms with van der Waals surface area (Å²) in [5.74, 6) is 2.01. The first-order chi connectivity index (χ1) is 8.93. The van der Waals surface area contributed by atoms with Gasteiger partial charge in [-0.2, -0.15) is 0 Å². The molecule has 1 saturated heterocycles. The zero-order valence-electron chi connectivity index (χ0n) is 9.32. The maximum atomic E-state index is 11.1. The minimum atomic E-state index is -0.916. The second-order valence-electron chi connectivity index (χ2n) is 3.58. The quantitative estimate of drug-likeness (QED) is 0.323. The standard InChI is InChI=1S/C10H8N2O6S/c1-19-9-8(18-10(15)11-9)4-2-5(12(16)17)7(14)6(13)3-4/h2-3,8,13-14H,1H2,(H,11,15). The van der Waals surface area contributed by atoms with E-state index in [4.69, 9.17) is 4.74 Å². The Balaban J connectivity index is 2.55. The van der Waals surface area contributed by atoms with Gasteiger partial charge in [-0.3, -0.25) is 15.4 Å². The Morgan fingerprint density at radius 2 is 2.16 bits per heavy atom. The number of nitrogens with zero attached hydrogens (tertiary/aromatic N) is 1. The van der Waals surface area contributed by atoms with Gasteiger partial charge in [0.1, 0.15) is 4.99 Å². The summed E-state index contributed by atoms with van der Waals surface area (Å²) in [5, 5.41) is 32.0. The Morgan fingerprint density at radius 1 is 1.47 bits per heavy atom. The summed E-state index contributed by atoms with van der Waals surface area (Å²) in [6.07, 6.45) is -1.63. The molecule has 1 aliphatic heterocycles. The maximum absolute atomic E-state index is 11.1. The molecule has 0 radical (unpaired) electrons. The molecule has 1 unspecified atom stereocenters. The zero-order valence-corrected chi connectivity index (χ0v) is 10.1. The maximum Gasteiger partial charge on any atom is 0.413 e. The minimum Gasteiger partial charge on any atom is -0.504 e. The Bertz CT molecular complexity index is 637. The van der Waals surface area contributed by atoms with Crippen molar-refractivity contribution in [2.45, 2.75) is 6.10 Å². The molecular formula is C10H8N2O6S. The molecule has 0 bridgehead atoms. The number of nitro groups is 1. The number of nitro benzene ring substituents is 1. The Kier molecular flexibility index (Phi) is 3.13. The van der Waals surface area contributed by atoms with Crippen LogP contribution < -0.4 is 5.32 Å². The van der Waals surface area contributed by atoms with Crippen LogP contribution in [0.25, 0.3) is 0 Å². The summed E-state index contributed by atoms with van der Waals surface area (Å²) in [6, 6.07) is 2.11. The minimum absolute atomic E-state index is 0.159. The third-order valence-electron chi connectivity index (χ3n) is 2.44. The molecule has 1 fully saturated rings. The van der Waals surface area contributed by atoms with E-state index in [1.165, 1.54) is 0 Å². The number of hydrogen-bond donors (Lipinski definition) is 3. The number of hydrogen-bond acceptors (Lipinski definition) is 6. The summed E-state index contributed by atoms with van der Waals surface area (Å²) >= 11 is 0. The number of ether oxygens (including phenoxy) is 1. The monoisotopic (exact) mass is 284 g/mol. The lowest BCUT2D eigenvalue weighted by Gasteiger charge is -2.10. The van der Waals surface area contributed by atoms with E-state index in [1.807, 2.05) is 0 Å². The predicted octanol–water partition coefficient (Wildman–Crippen LogP) is 1.08. The highest BCUT2D eigenvalue weighted by Crippen LogP contribution is 2.39. The smallest absolute Gasteiger partial charge is 0.413 e. The summed E-state index contributed by atoms with van der Waals surface area (Å²) in [6.45, 7) is 0. The molecule has 1 aliphatic rings. The van der Waals surface area contributed by atoms with Gasteiger partial charge in [0.05, 0.1) is 4.92 Å². The number of rotatable bonds is 2. The molecular weight excluding hydrogens is 276 g/mol. The molecule has 2 rings (SSSR count). The van der Waals surface area contributed by atoms with E-state index in [-0.39, 0.29) is 5.56 Å². The molecule has 1 aromatic rings. The van der Waals surface area contributed by atoms with Gasteiger partial charge in [0.25, 0.3) is 0 Å². The molecule has 0 saturated carbocycles. The summed E-state index contributed by atoms with van der Waals surface area (Å²) in [7, 11) is 0.959. The molecule has 3 N–H and O–H groups in total. The lowest BCUT2D eigenvalue weighted by molar-refractivity contribution is -0.386. The third-order valence-corrected chi connectivity index (χ3v) is 3.06.